The van der Waals surface area contributed by atoms with Gasteiger partial charge in [-0.3, -0.25) is 14.6 Å². The van der Waals surface area contributed by atoms with Crippen molar-refractivity contribution in [3.05, 3.63) is 0 Å². The zero-order chi connectivity index (χ0) is 14.8. The lowest BCUT2D eigenvalue weighted by molar-refractivity contribution is -0.121. The Morgan fingerprint density at radius 2 is 1.00 bits per heavy atom. The lowest BCUT2D eigenvalue weighted by Gasteiger charge is -2.29. The van der Waals surface area contributed by atoms with E-state index in [2.05, 4.69) is 0 Å². The average Bonchev–Trinajstić information content (AvgIpc) is 2.35. The molecule has 0 aliphatic carbocycles. The summed E-state index contributed by atoms with van der Waals surface area (Å²) in [6.45, 7) is 2.12. The minimum absolute atomic E-state index is 0.0172. The highest BCUT2D eigenvalue weighted by atomic mass is 32.2. The Bertz CT molecular complexity index is 492. The van der Waals surface area contributed by atoms with Gasteiger partial charge in [0, 0.05) is 26.2 Å². The molecule has 0 aromatic heterocycles. The molecule has 2 rings (SSSR count). The van der Waals surface area contributed by atoms with E-state index in [0.717, 1.165) is 0 Å². The van der Waals surface area contributed by atoms with Gasteiger partial charge in [0.15, 0.2) is 25.5 Å². The second kappa shape index (κ2) is 6.08. The molecule has 2 aliphatic heterocycles. The maximum absolute atomic E-state index is 11.9. The summed E-state index contributed by atoms with van der Waals surface area (Å²) in [5.41, 5.74) is 0. The highest BCUT2D eigenvalue weighted by Gasteiger charge is 2.26. The van der Waals surface area contributed by atoms with E-state index in [0.29, 0.717) is 26.2 Å². The number of nitrogens with zero attached hydrogens (tertiary/aromatic N) is 2. The van der Waals surface area contributed by atoms with E-state index in [1.165, 1.54) is 0 Å². The fourth-order valence-corrected chi connectivity index (χ4v) is 4.92. The van der Waals surface area contributed by atoms with Gasteiger partial charge < -0.3 is 0 Å². The van der Waals surface area contributed by atoms with Gasteiger partial charge in [-0.2, -0.15) is 0 Å². The van der Waals surface area contributed by atoms with Crippen LogP contribution < -0.4 is 0 Å². The van der Waals surface area contributed by atoms with E-state index in [1.54, 1.807) is 0 Å². The number of ketones is 1. The molecule has 0 aromatic rings. The van der Waals surface area contributed by atoms with Crippen molar-refractivity contribution in [3.8, 4) is 0 Å². The van der Waals surface area contributed by atoms with Crippen LogP contribution >= 0.6 is 0 Å². The molecular formula is C11H20N2O5S2. The van der Waals surface area contributed by atoms with Crippen molar-refractivity contribution in [1.82, 2.24) is 9.80 Å². The molecule has 0 amide bonds. The third-order valence-corrected chi connectivity index (χ3v) is 6.89. The van der Waals surface area contributed by atoms with Crippen molar-refractivity contribution in [2.75, 3.05) is 62.3 Å². The highest BCUT2D eigenvalue weighted by molar-refractivity contribution is 7.91. The van der Waals surface area contributed by atoms with Gasteiger partial charge in [0.25, 0.3) is 0 Å². The molecule has 0 bridgehead atoms. The van der Waals surface area contributed by atoms with Crippen LogP contribution in [0.25, 0.3) is 0 Å². The first-order chi connectivity index (χ1) is 9.26. The van der Waals surface area contributed by atoms with Crippen LogP contribution in [0.2, 0.25) is 0 Å². The Hall–Kier alpha value is -0.510. The predicted molar refractivity (Wildman–Crippen MR) is 75.2 cm³/mol. The van der Waals surface area contributed by atoms with Gasteiger partial charge in [0.2, 0.25) is 0 Å². The summed E-state index contributed by atoms with van der Waals surface area (Å²) in [6, 6.07) is 0. The third-order valence-electron chi connectivity index (χ3n) is 3.67. The van der Waals surface area contributed by atoms with Gasteiger partial charge in [-0.1, -0.05) is 0 Å². The number of sulfone groups is 2. The molecule has 0 N–H and O–H groups in total. The molecule has 20 heavy (non-hydrogen) atoms. The molecular weight excluding hydrogens is 304 g/mol. The van der Waals surface area contributed by atoms with E-state index in [1.807, 2.05) is 9.80 Å². The average molecular weight is 324 g/mol. The normalized spacial score (nSPS) is 27.2. The summed E-state index contributed by atoms with van der Waals surface area (Å²) in [5, 5.41) is 0. The van der Waals surface area contributed by atoms with Crippen LogP contribution in [0.3, 0.4) is 0 Å². The fourth-order valence-electron chi connectivity index (χ4n) is 2.37. The lowest BCUT2D eigenvalue weighted by Crippen LogP contribution is -2.47. The number of Topliss-reactive ketones (excluding diaryl/α,β-unsaturated/α-hetero) is 1. The van der Waals surface area contributed by atoms with Gasteiger partial charge in [-0.05, 0) is 0 Å². The van der Waals surface area contributed by atoms with Gasteiger partial charge in [-0.25, -0.2) is 16.8 Å². The van der Waals surface area contributed by atoms with Crippen LogP contribution in [0.15, 0.2) is 0 Å². The molecule has 2 saturated heterocycles. The van der Waals surface area contributed by atoms with Crippen LogP contribution in [0, 0.1) is 0 Å². The first kappa shape index (κ1) is 15.9. The van der Waals surface area contributed by atoms with Crippen LogP contribution in [0.4, 0.5) is 0 Å². The van der Waals surface area contributed by atoms with E-state index < -0.39 is 19.7 Å². The van der Waals surface area contributed by atoms with Gasteiger partial charge in [0.05, 0.1) is 36.1 Å². The molecule has 0 saturated carbocycles. The number of carbonyl (C=O) groups is 1. The smallest absolute Gasteiger partial charge is 0.160 e. The molecule has 2 heterocycles. The summed E-state index contributed by atoms with van der Waals surface area (Å²) in [4.78, 5) is 15.6. The zero-order valence-corrected chi connectivity index (χ0v) is 13.0. The third kappa shape index (κ3) is 4.80. The Balaban J connectivity index is 1.74. The molecule has 0 atom stereocenters. The Morgan fingerprint density at radius 3 is 1.30 bits per heavy atom. The first-order valence-electron chi connectivity index (χ1n) is 6.63. The fraction of sp³-hybridized carbons (Fsp3) is 0.909. The van der Waals surface area contributed by atoms with Gasteiger partial charge >= 0.3 is 0 Å². The largest absolute Gasteiger partial charge is 0.297 e. The Labute approximate surface area is 119 Å². The lowest BCUT2D eigenvalue weighted by atomic mass is 10.3. The molecule has 0 spiro atoms. The molecule has 7 nitrogen and oxygen atoms in total. The molecule has 9 heteroatoms. The van der Waals surface area contributed by atoms with E-state index in [9.17, 15) is 21.6 Å². The zero-order valence-electron chi connectivity index (χ0n) is 11.3. The minimum atomic E-state index is -2.92. The Kier molecular flexibility index (Phi) is 4.83. The molecule has 2 fully saturated rings. The van der Waals surface area contributed by atoms with Crippen LogP contribution in [0.1, 0.15) is 0 Å². The summed E-state index contributed by atoms with van der Waals surface area (Å²) in [6.07, 6.45) is 0. The summed E-state index contributed by atoms with van der Waals surface area (Å²) >= 11 is 0. The highest BCUT2D eigenvalue weighted by Crippen LogP contribution is 2.06. The molecule has 116 valence electrons. The van der Waals surface area contributed by atoms with Gasteiger partial charge in [0.1, 0.15) is 0 Å². The second-order valence-corrected chi connectivity index (χ2v) is 10.0. The van der Waals surface area contributed by atoms with Crippen molar-refractivity contribution >= 4 is 25.5 Å². The quantitative estimate of drug-likeness (QED) is 0.591. The van der Waals surface area contributed by atoms with E-state index >= 15 is 0 Å². The van der Waals surface area contributed by atoms with Crippen molar-refractivity contribution in [3.63, 3.8) is 0 Å². The number of rotatable bonds is 4. The van der Waals surface area contributed by atoms with Crippen molar-refractivity contribution < 1.29 is 21.6 Å². The SMILES string of the molecule is O=C(CN1CCS(=O)(=O)CC1)CN1CCS(=O)(=O)CC1. The number of hydrogen-bond acceptors (Lipinski definition) is 7. The summed E-state index contributed by atoms with van der Waals surface area (Å²) < 4.78 is 45.1. The second-order valence-electron chi connectivity index (χ2n) is 5.39. The van der Waals surface area contributed by atoms with E-state index in [-0.39, 0.29) is 41.9 Å². The van der Waals surface area contributed by atoms with Crippen molar-refractivity contribution in [2.45, 2.75) is 0 Å². The van der Waals surface area contributed by atoms with Crippen molar-refractivity contribution in [2.24, 2.45) is 0 Å². The minimum Gasteiger partial charge on any atom is -0.297 e. The summed E-state index contributed by atoms with van der Waals surface area (Å²) in [7, 11) is -5.84. The molecule has 0 unspecified atom stereocenters. The Morgan fingerprint density at radius 1 is 0.700 bits per heavy atom. The topological polar surface area (TPSA) is 91.8 Å². The van der Waals surface area contributed by atoms with E-state index in [4.69, 9.17) is 0 Å². The standard InChI is InChI=1S/C11H20N2O5S2/c14-11(9-12-1-5-19(15,16)6-2-12)10-13-3-7-20(17,18)8-4-13/h1-10H2. The maximum atomic E-state index is 11.9. The maximum Gasteiger partial charge on any atom is 0.160 e. The van der Waals surface area contributed by atoms with Crippen LogP contribution in [0.5, 0.6) is 0 Å². The number of carbonyl (C=O) groups excluding carboxylic acids is 1. The summed E-state index contributed by atoms with van der Waals surface area (Å²) in [5.74, 6) is 0.471. The molecule has 0 aromatic carbocycles. The molecule has 2 aliphatic rings. The van der Waals surface area contributed by atoms with Crippen LogP contribution in [-0.4, -0.2) is 94.7 Å². The van der Waals surface area contributed by atoms with Gasteiger partial charge in [-0.15, -0.1) is 0 Å². The first-order valence-corrected chi connectivity index (χ1v) is 10.3. The van der Waals surface area contributed by atoms with Crippen LogP contribution in [-0.2, 0) is 24.5 Å². The monoisotopic (exact) mass is 324 g/mol. The van der Waals surface area contributed by atoms with Crippen molar-refractivity contribution in [1.29, 1.82) is 0 Å². The number of hydrogen-bond donors (Lipinski definition) is 0. The molecule has 0 radical (unpaired) electrons. The predicted octanol–water partition coefficient (Wildman–Crippen LogP) is -1.98.